The number of fused-ring (bicyclic) bond motifs is 2. The van der Waals surface area contributed by atoms with Crippen LogP contribution < -0.4 is 30.3 Å². The SMILES string of the molecule is CN1CCN(C2CCN(c3ccc(Nc4ncc(Br)c(Nc5ccc6nccnc6c5P(C)(C)=O)n4)c4c3OCO4)CC2)CC1. The van der Waals surface area contributed by atoms with Gasteiger partial charge in [0.1, 0.15) is 18.5 Å². The number of piperidine rings is 1. The average Bonchev–Trinajstić information content (AvgIpc) is 3.53. The van der Waals surface area contributed by atoms with Crippen LogP contribution in [0.3, 0.4) is 0 Å². The molecule has 45 heavy (non-hydrogen) atoms. The first-order chi connectivity index (χ1) is 21.7. The maximum absolute atomic E-state index is 13.4. The van der Waals surface area contributed by atoms with Crippen LogP contribution in [0.4, 0.5) is 28.8 Å². The fourth-order valence-electron chi connectivity index (χ4n) is 6.42. The third-order valence-electron chi connectivity index (χ3n) is 8.75. The second kappa shape index (κ2) is 12.4. The van der Waals surface area contributed by atoms with Gasteiger partial charge in [-0.15, -0.1) is 0 Å². The number of anilines is 5. The largest absolute Gasteiger partial charge is 0.451 e. The van der Waals surface area contributed by atoms with E-state index < -0.39 is 7.14 Å². The summed E-state index contributed by atoms with van der Waals surface area (Å²) in [6.07, 6.45) is 7.19. The van der Waals surface area contributed by atoms with Crippen LogP contribution in [0.1, 0.15) is 12.8 Å². The van der Waals surface area contributed by atoms with Gasteiger partial charge in [-0.2, -0.15) is 4.98 Å². The van der Waals surface area contributed by atoms with Crippen molar-refractivity contribution in [2.75, 3.05) is 82.0 Å². The lowest BCUT2D eigenvalue weighted by Crippen LogP contribution is -2.52. The zero-order valence-electron chi connectivity index (χ0n) is 25.7. The van der Waals surface area contributed by atoms with Crippen LogP contribution in [0.15, 0.2) is 47.3 Å². The van der Waals surface area contributed by atoms with Gasteiger partial charge in [0.2, 0.25) is 12.7 Å². The van der Waals surface area contributed by atoms with Crippen molar-refractivity contribution < 1.29 is 14.0 Å². The highest BCUT2D eigenvalue weighted by molar-refractivity contribution is 9.10. The maximum atomic E-state index is 13.4. The Morgan fingerprint density at radius 1 is 0.889 bits per heavy atom. The topological polar surface area (TPSA) is 121 Å². The first kappa shape index (κ1) is 30.2. The fraction of sp³-hybridized carbons (Fsp3) is 0.419. The predicted molar refractivity (Wildman–Crippen MR) is 182 cm³/mol. The minimum Gasteiger partial charge on any atom is -0.451 e. The number of benzene rings is 2. The van der Waals surface area contributed by atoms with E-state index >= 15 is 0 Å². The van der Waals surface area contributed by atoms with E-state index in [1.165, 1.54) is 0 Å². The molecule has 2 N–H and O–H groups in total. The summed E-state index contributed by atoms with van der Waals surface area (Å²) in [7, 11) is -0.533. The Labute approximate surface area is 271 Å². The molecular formula is C31H37BrN9O3P. The maximum Gasteiger partial charge on any atom is 0.231 e. The molecule has 2 aromatic heterocycles. The molecule has 3 aliphatic rings. The second-order valence-corrected chi connectivity index (χ2v) is 16.1. The minimum atomic E-state index is -2.74. The molecule has 0 aliphatic carbocycles. The Kier molecular flexibility index (Phi) is 8.28. The van der Waals surface area contributed by atoms with Crippen molar-refractivity contribution in [2.24, 2.45) is 0 Å². The van der Waals surface area contributed by atoms with Gasteiger partial charge in [-0.1, -0.05) is 0 Å². The number of halogens is 1. The Hall–Kier alpha value is -3.51. The van der Waals surface area contributed by atoms with Crippen molar-refractivity contribution in [3.8, 4) is 11.5 Å². The zero-order chi connectivity index (χ0) is 31.1. The van der Waals surface area contributed by atoms with Crippen LogP contribution in [0.5, 0.6) is 11.5 Å². The lowest BCUT2D eigenvalue weighted by atomic mass is 10.0. The highest BCUT2D eigenvalue weighted by atomic mass is 79.9. The molecule has 0 saturated carbocycles. The Balaban J connectivity index is 1.10. The van der Waals surface area contributed by atoms with E-state index in [1.807, 2.05) is 18.2 Å². The third kappa shape index (κ3) is 6.18. The van der Waals surface area contributed by atoms with Crippen molar-refractivity contribution in [1.29, 1.82) is 0 Å². The van der Waals surface area contributed by atoms with E-state index in [0.717, 1.165) is 69.2 Å². The van der Waals surface area contributed by atoms with Crippen molar-refractivity contribution in [3.05, 3.63) is 47.3 Å². The van der Waals surface area contributed by atoms with Gasteiger partial charge in [-0.05, 0) is 73.4 Å². The van der Waals surface area contributed by atoms with E-state index in [9.17, 15) is 4.57 Å². The quantitative estimate of drug-likeness (QED) is 0.257. The number of hydrogen-bond donors (Lipinski definition) is 2. The molecule has 4 aromatic rings. The van der Waals surface area contributed by atoms with E-state index in [2.05, 4.69) is 69.3 Å². The van der Waals surface area contributed by atoms with Crippen LogP contribution in [-0.4, -0.2) is 102 Å². The van der Waals surface area contributed by atoms with Crippen LogP contribution in [0.25, 0.3) is 11.0 Å². The van der Waals surface area contributed by atoms with Crippen molar-refractivity contribution in [1.82, 2.24) is 29.7 Å². The number of piperazine rings is 1. The summed E-state index contributed by atoms with van der Waals surface area (Å²) in [5.41, 5.74) is 3.72. The Morgan fingerprint density at radius 3 is 2.40 bits per heavy atom. The van der Waals surface area contributed by atoms with Crippen LogP contribution >= 0.6 is 23.1 Å². The molecule has 236 valence electrons. The molecule has 0 radical (unpaired) electrons. The van der Waals surface area contributed by atoms with Gasteiger partial charge < -0.3 is 34.5 Å². The van der Waals surface area contributed by atoms with E-state index in [4.69, 9.17) is 14.5 Å². The molecule has 2 saturated heterocycles. The lowest BCUT2D eigenvalue weighted by Gasteiger charge is -2.42. The normalized spacial score (nSPS) is 18.0. The van der Waals surface area contributed by atoms with Crippen molar-refractivity contribution in [3.63, 3.8) is 0 Å². The summed E-state index contributed by atoms with van der Waals surface area (Å²) >= 11 is 3.57. The molecule has 12 nitrogen and oxygen atoms in total. The summed E-state index contributed by atoms with van der Waals surface area (Å²) in [4.78, 5) is 25.6. The van der Waals surface area contributed by atoms with Gasteiger partial charge in [0.05, 0.1) is 32.4 Å². The summed E-state index contributed by atoms with van der Waals surface area (Å²) in [6, 6.07) is 8.44. The van der Waals surface area contributed by atoms with Gasteiger partial charge in [-0.3, -0.25) is 14.9 Å². The molecule has 0 spiro atoms. The monoisotopic (exact) mass is 693 g/mol. The molecule has 0 atom stereocenters. The standard InChI is InChI=1S/C31H37BrN9O3P/c1-39-14-16-40(17-15-39)20-8-12-41(13-9-20)25-7-6-23(27-28(25)44-19-43-27)37-31-35-18-21(32)30(38-31)36-24-5-4-22-26(34-11-10-33-22)29(24)45(2,3)42/h4-7,10-11,18,20H,8-9,12-17,19H2,1-3H3,(H2,35,36,37,38). The van der Waals surface area contributed by atoms with Crippen LogP contribution in [0.2, 0.25) is 0 Å². The fourth-order valence-corrected chi connectivity index (χ4v) is 8.10. The van der Waals surface area contributed by atoms with Gasteiger partial charge in [0.25, 0.3) is 0 Å². The number of likely N-dealkylation sites (N-methyl/N-ethyl adjacent to an activating group) is 1. The summed E-state index contributed by atoms with van der Waals surface area (Å²) in [6.45, 7) is 10.2. The van der Waals surface area contributed by atoms with Crippen molar-refractivity contribution >= 4 is 68.2 Å². The Morgan fingerprint density at radius 2 is 1.62 bits per heavy atom. The molecule has 0 unspecified atom stereocenters. The van der Waals surface area contributed by atoms with Gasteiger partial charge in [-0.25, -0.2) is 4.98 Å². The van der Waals surface area contributed by atoms with Gasteiger partial charge >= 0.3 is 0 Å². The molecule has 5 heterocycles. The van der Waals surface area contributed by atoms with E-state index in [-0.39, 0.29) is 6.79 Å². The van der Waals surface area contributed by atoms with Crippen LogP contribution in [0, 0.1) is 0 Å². The minimum absolute atomic E-state index is 0.161. The number of rotatable bonds is 7. The molecule has 0 bridgehead atoms. The second-order valence-electron chi connectivity index (χ2n) is 12.1. The smallest absolute Gasteiger partial charge is 0.231 e. The summed E-state index contributed by atoms with van der Waals surface area (Å²) < 4.78 is 26.0. The third-order valence-corrected chi connectivity index (χ3v) is 10.9. The number of ether oxygens (including phenoxy) is 2. The van der Waals surface area contributed by atoms with E-state index in [0.29, 0.717) is 50.1 Å². The molecule has 14 heteroatoms. The molecule has 0 amide bonds. The first-order valence-electron chi connectivity index (χ1n) is 15.2. The number of aromatic nitrogens is 4. The molecule has 2 aromatic carbocycles. The highest BCUT2D eigenvalue weighted by Gasteiger charge is 2.31. The molecule has 2 fully saturated rings. The summed E-state index contributed by atoms with van der Waals surface area (Å²) in [5.74, 6) is 2.29. The van der Waals surface area contributed by atoms with Gasteiger partial charge in [0, 0.05) is 63.9 Å². The number of nitrogens with one attached hydrogen (secondary N) is 2. The number of nitrogens with zero attached hydrogens (tertiary/aromatic N) is 7. The van der Waals surface area contributed by atoms with Crippen molar-refractivity contribution in [2.45, 2.75) is 18.9 Å². The highest BCUT2D eigenvalue weighted by Crippen LogP contribution is 2.48. The number of hydrogen-bond acceptors (Lipinski definition) is 12. The Bertz CT molecular complexity index is 1770. The molecule has 7 rings (SSSR count). The van der Waals surface area contributed by atoms with Gasteiger partial charge in [0.15, 0.2) is 11.5 Å². The van der Waals surface area contributed by atoms with E-state index in [1.54, 1.807) is 31.9 Å². The van der Waals surface area contributed by atoms with Crippen LogP contribution in [-0.2, 0) is 4.57 Å². The molecule has 3 aliphatic heterocycles. The summed E-state index contributed by atoms with van der Waals surface area (Å²) in [5, 5.41) is 7.30. The average molecular weight is 695 g/mol. The lowest BCUT2D eigenvalue weighted by molar-refractivity contribution is 0.0981. The zero-order valence-corrected chi connectivity index (χ0v) is 28.1. The first-order valence-corrected chi connectivity index (χ1v) is 18.6. The predicted octanol–water partition coefficient (Wildman–Crippen LogP) is 4.86. The molecular weight excluding hydrogens is 657 g/mol.